The molecule has 0 fully saturated rings. The van der Waals surface area contributed by atoms with Gasteiger partial charge in [0.05, 0.1) is 29.1 Å². The molecule has 0 amide bonds. The molecule has 6 nitrogen and oxygen atoms in total. The van der Waals surface area contributed by atoms with E-state index in [-0.39, 0.29) is 29.8 Å². The van der Waals surface area contributed by atoms with Gasteiger partial charge in [0, 0.05) is 17.5 Å². The van der Waals surface area contributed by atoms with Gasteiger partial charge in [0.25, 0.3) is 0 Å². The number of nitrogens with one attached hydrogen (secondary N) is 3. The number of halogens is 4. The van der Waals surface area contributed by atoms with Crippen LogP contribution < -0.4 is 10.0 Å². The van der Waals surface area contributed by atoms with Gasteiger partial charge in [0.15, 0.2) is 0 Å². The summed E-state index contributed by atoms with van der Waals surface area (Å²) in [4.78, 5) is 0. The van der Waals surface area contributed by atoms with Crippen LogP contribution in [0.4, 0.5) is 28.9 Å². The van der Waals surface area contributed by atoms with Crippen LogP contribution >= 0.6 is 0 Å². The lowest BCUT2D eigenvalue weighted by molar-refractivity contribution is -0.137. The monoisotopic (exact) mass is 475 g/mol. The van der Waals surface area contributed by atoms with E-state index in [4.69, 9.17) is 5.41 Å². The molecule has 0 saturated heterocycles. The van der Waals surface area contributed by atoms with E-state index in [1.807, 2.05) is 0 Å². The van der Waals surface area contributed by atoms with Crippen molar-refractivity contribution < 1.29 is 31.1 Å². The highest BCUT2D eigenvalue weighted by molar-refractivity contribution is 7.92. The third-order valence-corrected chi connectivity index (χ3v) is 5.77. The van der Waals surface area contributed by atoms with Gasteiger partial charge in [-0.05, 0) is 42.7 Å². The summed E-state index contributed by atoms with van der Waals surface area (Å²) in [6, 6.07) is 6.20. The smallest absolute Gasteiger partial charge is 0.390 e. The number of aliphatic hydroxyl groups excluding tert-OH is 1. The average molecular weight is 476 g/mol. The molecule has 2 aromatic carbocycles. The Morgan fingerprint density at radius 3 is 2.06 bits per heavy atom. The predicted octanol–water partition coefficient (Wildman–Crippen LogP) is 4.70. The summed E-state index contributed by atoms with van der Waals surface area (Å²) in [5.41, 5.74) is -2.06. The molecule has 0 aliphatic rings. The molecule has 0 aliphatic heterocycles. The summed E-state index contributed by atoms with van der Waals surface area (Å²) in [6.07, 6.45) is -3.54. The van der Waals surface area contributed by atoms with E-state index < -0.39 is 39.2 Å². The minimum Gasteiger partial charge on any atom is -0.390 e. The number of hydrogen-bond acceptors (Lipinski definition) is 5. The number of hydrogen-bond donors (Lipinski definition) is 4. The van der Waals surface area contributed by atoms with E-state index in [0.717, 1.165) is 36.7 Å². The van der Waals surface area contributed by atoms with Crippen molar-refractivity contribution in [1.82, 2.24) is 0 Å². The van der Waals surface area contributed by atoms with Gasteiger partial charge in [-0.15, -0.1) is 0 Å². The average Bonchev–Trinajstić information content (AvgIpc) is 2.69. The van der Waals surface area contributed by atoms with Crippen LogP contribution in [0.5, 0.6) is 0 Å². The first kappa shape index (κ1) is 25.6. The molecule has 2 aromatic rings. The number of alkyl halides is 3. The Morgan fingerprint density at radius 2 is 1.62 bits per heavy atom. The van der Waals surface area contributed by atoms with Crippen LogP contribution in [0.1, 0.15) is 43.4 Å². The van der Waals surface area contributed by atoms with Crippen LogP contribution in [0.25, 0.3) is 0 Å². The number of benzene rings is 2. The van der Waals surface area contributed by atoms with Crippen LogP contribution in [0.2, 0.25) is 0 Å². The fraction of sp³-hybridized carbons (Fsp3) is 0.381. The van der Waals surface area contributed by atoms with Gasteiger partial charge in [0.1, 0.15) is 5.82 Å². The second kappa shape index (κ2) is 9.45. The molecule has 176 valence electrons. The zero-order chi connectivity index (χ0) is 24.3. The summed E-state index contributed by atoms with van der Waals surface area (Å²) in [5.74, 6) is -0.812. The number of aliphatic hydroxyl groups is 1. The van der Waals surface area contributed by atoms with Gasteiger partial charge in [-0.1, -0.05) is 26.0 Å². The summed E-state index contributed by atoms with van der Waals surface area (Å²) >= 11 is 0. The molecule has 2 unspecified atom stereocenters. The number of anilines is 2. The standard InChI is InChI=1S/C21H25F4N3O3S/c1-4-19(29)20(5-2,13-6-8-14(9-7-13)21(23,24)25)27-17-10-15(22)11-18(16(17)12-26)28-32(3,30)31/h6-12,19,26-29H,4-5H2,1-3H3. The topological polar surface area (TPSA) is 102 Å². The lowest BCUT2D eigenvalue weighted by Gasteiger charge is -2.40. The van der Waals surface area contributed by atoms with E-state index in [9.17, 15) is 31.1 Å². The molecule has 0 aromatic heterocycles. The highest BCUT2D eigenvalue weighted by Gasteiger charge is 2.39. The van der Waals surface area contributed by atoms with Crippen molar-refractivity contribution in [2.24, 2.45) is 0 Å². The van der Waals surface area contributed by atoms with Crippen LogP contribution in [0.3, 0.4) is 0 Å². The lowest BCUT2D eigenvalue weighted by atomic mass is 9.80. The molecule has 0 spiro atoms. The van der Waals surface area contributed by atoms with E-state index in [1.54, 1.807) is 13.8 Å². The maximum Gasteiger partial charge on any atom is 0.416 e. The molecule has 0 bridgehead atoms. The molecular formula is C21H25F4N3O3S. The van der Waals surface area contributed by atoms with Crippen LogP contribution in [-0.2, 0) is 21.7 Å². The molecule has 0 radical (unpaired) electrons. The molecule has 2 atom stereocenters. The zero-order valence-electron chi connectivity index (χ0n) is 17.7. The second-order valence-corrected chi connectivity index (χ2v) is 9.13. The normalized spacial score (nSPS) is 15.0. The highest BCUT2D eigenvalue weighted by atomic mass is 32.2. The summed E-state index contributed by atoms with van der Waals surface area (Å²) in [6.45, 7) is 3.38. The predicted molar refractivity (Wildman–Crippen MR) is 116 cm³/mol. The lowest BCUT2D eigenvalue weighted by Crippen LogP contribution is -2.46. The quantitative estimate of drug-likeness (QED) is 0.312. The minimum atomic E-state index is -4.54. The van der Waals surface area contributed by atoms with Crippen molar-refractivity contribution in [1.29, 1.82) is 5.41 Å². The van der Waals surface area contributed by atoms with Gasteiger partial charge in [-0.25, -0.2) is 12.8 Å². The Balaban J connectivity index is 2.67. The first-order valence-corrected chi connectivity index (χ1v) is 11.6. The van der Waals surface area contributed by atoms with Crippen molar-refractivity contribution in [3.63, 3.8) is 0 Å². The minimum absolute atomic E-state index is 0.000368. The van der Waals surface area contributed by atoms with Gasteiger partial charge >= 0.3 is 6.18 Å². The molecule has 0 heterocycles. The molecule has 32 heavy (non-hydrogen) atoms. The molecular weight excluding hydrogens is 450 g/mol. The molecule has 2 rings (SSSR count). The van der Waals surface area contributed by atoms with Gasteiger partial charge in [-0.3, -0.25) is 4.72 Å². The Labute approximate surface area is 184 Å². The maximum absolute atomic E-state index is 14.3. The Bertz CT molecular complexity index is 1070. The second-order valence-electron chi connectivity index (χ2n) is 7.38. The Hall–Kier alpha value is -2.66. The van der Waals surface area contributed by atoms with Crippen molar-refractivity contribution in [2.75, 3.05) is 16.3 Å². The number of rotatable bonds is 9. The molecule has 4 N–H and O–H groups in total. The van der Waals surface area contributed by atoms with E-state index >= 15 is 0 Å². The zero-order valence-corrected chi connectivity index (χ0v) is 18.5. The fourth-order valence-electron chi connectivity index (χ4n) is 3.58. The van der Waals surface area contributed by atoms with E-state index in [2.05, 4.69) is 10.0 Å². The van der Waals surface area contributed by atoms with Crippen LogP contribution in [0.15, 0.2) is 36.4 Å². The Morgan fingerprint density at radius 1 is 1.09 bits per heavy atom. The van der Waals surface area contributed by atoms with Crippen molar-refractivity contribution in [3.05, 3.63) is 58.9 Å². The summed E-state index contributed by atoms with van der Waals surface area (Å²) in [7, 11) is -3.79. The third-order valence-electron chi connectivity index (χ3n) is 5.18. The van der Waals surface area contributed by atoms with Gasteiger partial charge < -0.3 is 15.8 Å². The van der Waals surface area contributed by atoms with Crippen molar-refractivity contribution in [3.8, 4) is 0 Å². The maximum atomic E-state index is 14.3. The molecule has 0 saturated carbocycles. The van der Waals surface area contributed by atoms with Crippen LogP contribution in [-0.4, -0.2) is 32.1 Å². The molecule has 0 aliphatic carbocycles. The summed E-state index contributed by atoms with van der Waals surface area (Å²) < 4.78 is 78.8. The fourth-order valence-corrected chi connectivity index (χ4v) is 4.15. The van der Waals surface area contributed by atoms with E-state index in [1.165, 1.54) is 12.1 Å². The van der Waals surface area contributed by atoms with E-state index in [0.29, 0.717) is 5.56 Å². The number of sulfonamides is 1. The first-order chi connectivity index (χ1) is 14.8. The van der Waals surface area contributed by atoms with Crippen molar-refractivity contribution in [2.45, 2.75) is 44.5 Å². The van der Waals surface area contributed by atoms with Gasteiger partial charge in [-0.2, -0.15) is 13.2 Å². The third kappa shape index (κ3) is 5.57. The van der Waals surface area contributed by atoms with Crippen molar-refractivity contribution >= 4 is 27.6 Å². The molecule has 11 heteroatoms. The summed E-state index contributed by atoms with van der Waals surface area (Å²) in [5, 5.41) is 21.6. The SMILES string of the molecule is CCC(O)C(CC)(Nc1cc(F)cc(NS(C)(=O)=O)c1C=N)c1ccc(C(F)(F)F)cc1. The first-order valence-electron chi connectivity index (χ1n) is 9.73. The van der Waals surface area contributed by atoms with Crippen LogP contribution in [0, 0.1) is 11.2 Å². The Kier molecular flexibility index (Phi) is 7.56. The highest BCUT2D eigenvalue weighted by Crippen LogP contribution is 2.39. The van der Waals surface area contributed by atoms with Gasteiger partial charge in [0.2, 0.25) is 10.0 Å². The largest absolute Gasteiger partial charge is 0.416 e.